The fourth-order valence-electron chi connectivity index (χ4n) is 7.52. The van der Waals surface area contributed by atoms with Crippen LogP contribution in [0.25, 0.3) is 21.6 Å². The van der Waals surface area contributed by atoms with Crippen LogP contribution in [0, 0.1) is 11.8 Å². The molecule has 3 aliphatic rings. The third-order valence-corrected chi connectivity index (χ3v) is 10.4. The van der Waals surface area contributed by atoms with Gasteiger partial charge < -0.3 is 24.8 Å². The van der Waals surface area contributed by atoms with Crippen molar-refractivity contribution in [2.45, 2.75) is 89.9 Å². The van der Waals surface area contributed by atoms with E-state index < -0.39 is 11.4 Å². The molecule has 46 heavy (non-hydrogen) atoms. The number of nitrogen functional groups attached to an aromatic ring is 1. The highest BCUT2D eigenvalue weighted by Crippen LogP contribution is 2.52. The van der Waals surface area contributed by atoms with Crippen molar-refractivity contribution in [1.82, 2.24) is 19.4 Å². The van der Waals surface area contributed by atoms with E-state index in [1.165, 1.54) is 5.56 Å². The summed E-state index contributed by atoms with van der Waals surface area (Å²) in [5, 5.41) is 3.98. The molecule has 2 saturated heterocycles. The Hall–Kier alpha value is -3.25. The lowest BCUT2D eigenvalue weighted by Crippen LogP contribution is -2.46. The van der Waals surface area contributed by atoms with Gasteiger partial charge in [-0.2, -0.15) is 0 Å². The second-order valence-corrected chi connectivity index (χ2v) is 15.5. The van der Waals surface area contributed by atoms with Gasteiger partial charge in [-0.3, -0.25) is 4.57 Å². The first-order valence-electron chi connectivity index (χ1n) is 16.1. The van der Waals surface area contributed by atoms with E-state index in [1.54, 1.807) is 11.3 Å². The first-order chi connectivity index (χ1) is 21.8. The largest absolute Gasteiger partial charge is 0.444 e. The predicted octanol–water partition coefficient (Wildman–Crippen LogP) is 6.53. The summed E-state index contributed by atoms with van der Waals surface area (Å²) in [6.07, 6.45) is 5.03. The number of H-pyrrole nitrogens is 1. The lowest BCUT2D eigenvalue weighted by Gasteiger charge is -2.38. The van der Waals surface area contributed by atoms with Crippen LogP contribution in [0.2, 0.25) is 5.28 Å². The number of carbonyl (C=O) groups is 1. The number of nitrogens with two attached hydrogens (primary N) is 1. The first kappa shape index (κ1) is 31.4. The van der Waals surface area contributed by atoms with E-state index in [-0.39, 0.29) is 41.5 Å². The Morgan fingerprint density at radius 3 is 2.72 bits per heavy atom. The zero-order valence-corrected chi connectivity index (χ0v) is 28.5. The maximum Gasteiger partial charge on any atom is 0.410 e. The number of hydrogen-bond acceptors (Lipinski definition) is 8. The Kier molecular flexibility index (Phi) is 8.02. The van der Waals surface area contributed by atoms with E-state index in [9.17, 15) is 4.79 Å². The molecule has 2 unspecified atom stereocenters. The van der Waals surface area contributed by atoms with Crippen LogP contribution in [0.4, 0.5) is 10.6 Å². The monoisotopic (exact) mass is 665 g/mol. The molecule has 7 rings (SSSR count). The van der Waals surface area contributed by atoms with Gasteiger partial charge in [-0.15, -0.1) is 11.3 Å². The lowest BCUT2D eigenvalue weighted by molar-refractivity contribution is -0.351. The molecule has 3 N–H and O–H groups in total. The van der Waals surface area contributed by atoms with Crippen LogP contribution in [0.15, 0.2) is 41.9 Å². The number of rotatable bonds is 5. The molecule has 2 aliphatic heterocycles. The number of benzene rings is 1. The van der Waals surface area contributed by atoms with Gasteiger partial charge in [-0.05, 0) is 82.9 Å². The molecule has 0 spiro atoms. The van der Waals surface area contributed by atoms with E-state index in [1.807, 2.05) is 57.7 Å². The van der Waals surface area contributed by atoms with Crippen molar-refractivity contribution in [3.8, 4) is 10.6 Å². The van der Waals surface area contributed by atoms with Gasteiger partial charge in [-0.25, -0.2) is 14.8 Å². The molecule has 12 heteroatoms. The number of piperidine rings is 1. The summed E-state index contributed by atoms with van der Waals surface area (Å²) in [4.78, 5) is 27.6. The van der Waals surface area contributed by atoms with Crippen LogP contribution in [0.3, 0.4) is 0 Å². The van der Waals surface area contributed by atoms with Crippen molar-refractivity contribution in [3.63, 3.8) is 0 Å². The molecule has 1 saturated carbocycles. The van der Waals surface area contributed by atoms with Crippen molar-refractivity contribution in [2.75, 3.05) is 18.8 Å². The maximum atomic E-state index is 13.0. The van der Waals surface area contributed by atoms with E-state index >= 15 is 0 Å². The fraction of sp³-hybridized carbons (Fsp3) is 0.529. The summed E-state index contributed by atoms with van der Waals surface area (Å²) in [5.41, 5.74) is 9.92. The summed E-state index contributed by atoms with van der Waals surface area (Å²) in [6.45, 7) is 11.0. The first-order valence-corrected chi connectivity index (χ1v) is 17.3. The van der Waals surface area contributed by atoms with E-state index in [4.69, 9.17) is 36.5 Å². The summed E-state index contributed by atoms with van der Waals surface area (Å²) < 4.78 is 21.2. The molecule has 5 atom stereocenters. The summed E-state index contributed by atoms with van der Waals surface area (Å²) in [6, 6.07) is 10.3. The third kappa shape index (κ3) is 6.10. The summed E-state index contributed by atoms with van der Waals surface area (Å²) in [7, 11) is 0. The molecule has 0 radical (unpaired) electrons. The fourth-order valence-corrected chi connectivity index (χ4v) is 8.53. The molecule has 0 bridgehead atoms. The van der Waals surface area contributed by atoms with Gasteiger partial charge in [0.05, 0.1) is 23.6 Å². The highest BCUT2D eigenvalue weighted by Gasteiger charge is 2.58. The maximum absolute atomic E-state index is 13.0. The second-order valence-electron chi connectivity index (χ2n) is 14.3. The molecule has 3 fully saturated rings. The standard InChI is InChI=1S/C34H41ClN6O4S/c1-33(2,3)45-32(42)40-13-9-12-20(16-40)22-15-24(27-26(22)43-34(4,5)44-27)41-17-23(25-28(36)38-31(35)39-29(25)41)30-37-21(18-46-30)14-19-10-7-6-8-11-19/h6-8,10-11,17-18,20,22,24,26-27H,9,12-16H2,1-5H3,(H2,36,38,39)/p+1/t20?,22-,24?,26-,27+/m1/s1. The number of likely N-dealkylation sites (tertiary alicyclic amines) is 1. The minimum atomic E-state index is -0.735. The molecular weight excluding hydrogens is 624 g/mol. The van der Waals surface area contributed by atoms with E-state index in [0.29, 0.717) is 18.9 Å². The van der Waals surface area contributed by atoms with Gasteiger partial charge in [0.15, 0.2) is 5.79 Å². The number of anilines is 1. The SMILES string of the molecule is CC(C)(C)OC(=O)N1CCCC([C@H]2CC(n3cc(-c4nc(Cc5ccccc5)cs4)c4c(N)nc(Cl)[nH+]c43)[C@@H]3OC(C)(C)O[C@H]23)C1. The minimum Gasteiger partial charge on any atom is -0.444 e. The number of aromatic nitrogens is 4. The van der Waals surface area contributed by atoms with Crippen molar-refractivity contribution in [3.05, 3.63) is 58.4 Å². The minimum absolute atomic E-state index is 0.0669. The average Bonchev–Trinajstić information content (AvgIpc) is 3.74. The number of carbonyl (C=O) groups excluding carboxylic acids is 1. The summed E-state index contributed by atoms with van der Waals surface area (Å²) in [5.74, 6) is 0.0372. The molecule has 1 aliphatic carbocycles. The van der Waals surface area contributed by atoms with Crippen LogP contribution in [-0.2, 0) is 20.6 Å². The molecular formula is C34H42ClN6O4S+. The van der Waals surface area contributed by atoms with Crippen LogP contribution < -0.4 is 10.7 Å². The van der Waals surface area contributed by atoms with Gasteiger partial charge in [0, 0.05) is 24.9 Å². The number of hydrogen-bond donors (Lipinski definition) is 1. The smallest absolute Gasteiger partial charge is 0.410 e. The van der Waals surface area contributed by atoms with Crippen molar-refractivity contribution < 1.29 is 24.0 Å². The molecule has 244 valence electrons. The van der Waals surface area contributed by atoms with Crippen molar-refractivity contribution >= 4 is 45.9 Å². The molecule has 1 aromatic carbocycles. The van der Waals surface area contributed by atoms with Gasteiger partial charge >= 0.3 is 11.4 Å². The molecule has 1 amide bonds. The highest BCUT2D eigenvalue weighted by atomic mass is 35.5. The number of halogens is 1. The second kappa shape index (κ2) is 11.8. The Bertz CT molecular complexity index is 1750. The predicted molar refractivity (Wildman–Crippen MR) is 178 cm³/mol. The van der Waals surface area contributed by atoms with Gasteiger partial charge in [0.25, 0.3) is 0 Å². The zero-order chi connectivity index (χ0) is 32.4. The lowest BCUT2D eigenvalue weighted by atomic mass is 9.83. The van der Waals surface area contributed by atoms with E-state index in [2.05, 4.69) is 38.2 Å². The number of aromatic amines is 1. The number of amides is 1. The Balaban J connectivity index is 1.23. The van der Waals surface area contributed by atoms with Crippen LogP contribution in [-0.4, -0.2) is 62.2 Å². The van der Waals surface area contributed by atoms with Gasteiger partial charge in [0.2, 0.25) is 11.5 Å². The Morgan fingerprint density at radius 1 is 1.20 bits per heavy atom. The molecule has 4 aromatic rings. The number of nitrogens with zero attached hydrogens (tertiary/aromatic N) is 4. The van der Waals surface area contributed by atoms with Crippen molar-refractivity contribution in [2.24, 2.45) is 11.8 Å². The number of ether oxygens (including phenoxy) is 3. The Morgan fingerprint density at radius 2 is 1.96 bits per heavy atom. The summed E-state index contributed by atoms with van der Waals surface area (Å²) >= 11 is 8.07. The van der Waals surface area contributed by atoms with Crippen LogP contribution in [0.5, 0.6) is 0 Å². The topological polar surface area (TPSA) is 119 Å². The zero-order valence-electron chi connectivity index (χ0n) is 27.0. The van der Waals surface area contributed by atoms with Crippen LogP contribution >= 0.6 is 22.9 Å². The quantitative estimate of drug-likeness (QED) is 0.241. The van der Waals surface area contributed by atoms with Crippen molar-refractivity contribution in [1.29, 1.82) is 0 Å². The van der Waals surface area contributed by atoms with E-state index in [0.717, 1.165) is 53.0 Å². The highest BCUT2D eigenvalue weighted by molar-refractivity contribution is 7.13. The third-order valence-electron chi connectivity index (χ3n) is 9.29. The molecule has 3 aromatic heterocycles. The molecule has 5 heterocycles. The average molecular weight is 666 g/mol. The van der Waals surface area contributed by atoms with Gasteiger partial charge in [0.1, 0.15) is 28.1 Å². The number of nitrogens with one attached hydrogen (secondary N) is 1. The van der Waals surface area contributed by atoms with Gasteiger partial charge in [-0.1, -0.05) is 35.3 Å². The normalized spacial score (nSPS) is 26.0. The molecule has 10 nitrogen and oxygen atoms in total. The number of fused-ring (bicyclic) bond motifs is 2. The number of thiazole rings is 1. The Labute approximate surface area is 278 Å². The van der Waals surface area contributed by atoms with Crippen LogP contribution in [0.1, 0.15) is 71.2 Å².